The average Bonchev–Trinajstić information content (AvgIpc) is 2.67. The largest absolute Gasteiger partial charge is 0.384 e. The average molecular weight is 361 g/mol. The van der Waals surface area contributed by atoms with Crippen LogP contribution in [0.4, 0.5) is 0 Å². The summed E-state index contributed by atoms with van der Waals surface area (Å²) in [5.41, 5.74) is 6.98. The summed E-state index contributed by atoms with van der Waals surface area (Å²) in [5.74, 6) is 0.0205. The molecule has 0 saturated carbocycles. The van der Waals surface area contributed by atoms with Gasteiger partial charge < -0.3 is 5.73 Å². The lowest BCUT2D eigenvalue weighted by molar-refractivity contribution is 0.686. The predicted octanol–water partition coefficient (Wildman–Crippen LogP) is 2.47. The van der Waals surface area contributed by atoms with Gasteiger partial charge in [0.25, 0.3) is 0 Å². The summed E-state index contributed by atoms with van der Waals surface area (Å²) < 4.78 is 2.90. The van der Waals surface area contributed by atoms with E-state index in [0.717, 1.165) is 9.13 Å². The third-order valence-corrected chi connectivity index (χ3v) is 3.21. The summed E-state index contributed by atoms with van der Waals surface area (Å²) in [4.78, 5) is 0. The van der Waals surface area contributed by atoms with E-state index in [-0.39, 0.29) is 5.84 Å². The van der Waals surface area contributed by atoms with Crippen LogP contribution in [0, 0.1) is 8.98 Å². The molecule has 0 atom stereocenters. The maximum absolute atomic E-state index is 7.33. The number of benzene rings is 1. The first kappa shape index (κ1) is 12.4. The van der Waals surface area contributed by atoms with Gasteiger partial charge in [-0.1, -0.05) is 23.7 Å². The fourth-order valence-electron chi connectivity index (χ4n) is 1.44. The van der Waals surface area contributed by atoms with E-state index in [1.54, 1.807) is 18.3 Å². The van der Waals surface area contributed by atoms with Gasteiger partial charge in [0, 0.05) is 16.8 Å². The zero-order valence-corrected chi connectivity index (χ0v) is 11.7. The highest BCUT2D eigenvalue weighted by Crippen LogP contribution is 2.19. The molecule has 0 unspecified atom stereocenters. The van der Waals surface area contributed by atoms with Gasteiger partial charge in [0.2, 0.25) is 0 Å². The van der Waals surface area contributed by atoms with Gasteiger partial charge in [-0.25, -0.2) is 0 Å². The Morgan fingerprint density at radius 1 is 1.53 bits per heavy atom. The number of amidine groups is 1. The van der Waals surface area contributed by atoms with Crippen LogP contribution >= 0.6 is 34.2 Å². The van der Waals surface area contributed by atoms with Crippen LogP contribution in [-0.4, -0.2) is 15.6 Å². The van der Waals surface area contributed by atoms with Crippen molar-refractivity contribution in [2.45, 2.75) is 6.54 Å². The van der Waals surface area contributed by atoms with E-state index >= 15 is 0 Å². The van der Waals surface area contributed by atoms with E-state index in [4.69, 9.17) is 22.7 Å². The minimum atomic E-state index is 0.0205. The lowest BCUT2D eigenvalue weighted by Gasteiger charge is -2.06. The lowest BCUT2D eigenvalue weighted by atomic mass is 10.1. The van der Waals surface area contributed by atoms with E-state index in [2.05, 4.69) is 27.7 Å². The van der Waals surface area contributed by atoms with E-state index in [1.165, 1.54) is 0 Å². The number of hydrogen-bond donors (Lipinski definition) is 2. The second-order valence-corrected chi connectivity index (χ2v) is 5.23. The molecular formula is C11H10ClIN4. The Labute approximate surface area is 117 Å². The molecule has 0 aliphatic heterocycles. The Morgan fingerprint density at radius 3 is 2.82 bits per heavy atom. The number of nitrogens with two attached hydrogens (primary N) is 1. The molecule has 3 N–H and O–H groups in total. The first-order valence-corrected chi connectivity index (χ1v) is 6.32. The molecule has 6 heteroatoms. The summed E-state index contributed by atoms with van der Waals surface area (Å²) in [5, 5.41) is 12.1. The van der Waals surface area contributed by atoms with Gasteiger partial charge >= 0.3 is 0 Å². The number of nitrogens with one attached hydrogen (secondary N) is 1. The molecule has 1 aromatic carbocycles. The minimum Gasteiger partial charge on any atom is -0.384 e. The summed E-state index contributed by atoms with van der Waals surface area (Å²) in [6, 6.07) is 5.36. The smallest absolute Gasteiger partial charge is 0.122 e. The Morgan fingerprint density at radius 2 is 2.29 bits per heavy atom. The van der Waals surface area contributed by atoms with Crippen molar-refractivity contribution in [1.82, 2.24) is 9.78 Å². The SMILES string of the molecule is N=C(N)c1ccc(Cn2cc(I)cn2)c(Cl)c1. The Hall–Kier alpha value is -1.08. The quantitative estimate of drug-likeness (QED) is 0.502. The maximum atomic E-state index is 7.33. The van der Waals surface area contributed by atoms with Crippen LogP contribution in [0.5, 0.6) is 0 Å². The number of aromatic nitrogens is 2. The second-order valence-electron chi connectivity index (χ2n) is 3.58. The van der Waals surface area contributed by atoms with Crippen molar-refractivity contribution >= 4 is 40.0 Å². The zero-order valence-electron chi connectivity index (χ0n) is 8.82. The molecule has 2 rings (SSSR count). The molecule has 0 bridgehead atoms. The molecule has 0 fully saturated rings. The number of nitrogens with zero attached hydrogens (tertiary/aromatic N) is 2. The molecule has 0 radical (unpaired) electrons. The third kappa shape index (κ3) is 2.98. The van der Waals surface area contributed by atoms with Crippen LogP contribution in [0.3, 0.4) is 0 Å². The molecule has 88 valence electrons. The second kappa shape index (κ2) is 5.05. The Kier molecular flexibility index (Phi) is 3.68. The van der Waals surface area contributed by atoms with Gasteiger partial charge in [0.15, 0.2) is 0 Å². The monoisotopic (exact) mass is 360 g/mol. The van der Waals surface area contributed by atoms with Gasteiger partial charge in [0.1, 0.15) is 5.84 Å². The van der Waals surface area contributed by atoms with Crippen molar-refractivity contribution in [1.29, 1.82) is 5.41 Å². The highest BCUT2D eigenvalue weighted by Gasteiger charge is 2.05. The minimum absolute atomic E-state index is 0.0205. The molecule has 17 heavy (non-hydrogen) atoms. The van der Waals surface area contributed by atoms with Gasteiger partial charge in [-0.3, -0.25) is 10.1 Å². The first-order valence-electron chi connectivity index (χ1n) is 4.87. The van der Waals surface area contributed by atoms with Crippen LogP contribution in [0.25, 0.3) is 0 Å². The van der Waals surface area contributed by atoms with Crippen LogP contribution < -0.4 is 5.73 Å². The highest BCUT2D eigenvalue weighted by atomic mass is 127. The summed E-state index contributed by atoms with van der Waals surface area (Å²) in [6.45, 7) is 0.611. The van der Waals surface area contributed by atoms with E-state index < -0.39 is 0 Å². The standard InChI is InChI=1S/C11H10ClIN4/c12-10-3-7(11(14)15)1-2-8(10)5-17-6-9(13)4-16-17/h1-4,6H,5H2,(H3,14,15). The van der Waals surface area contributed by atoms with Crippen molar-refractivity contribution in [3.8, 4) is 0 Å². The zero-order chi connectivity index (χ0) is 12.4. The third-order valence-electron chi connectivity index (χ3n) is 2.30. The molecule has 1 aromatic heterocycles. The molecule has 1 heterocycles. The van der Waals surface area contributed by atoms with Crippen molar-refractivity contribution in [3.05, 3.63) is 50.3 Å². The number of nitrogen functional groups attached to an aromatic ring is 1. The Balaban J connectivity index is 2.25. The Bertz CT molecular complexity index is 564. The molecule has 0 amide bonds. The lowest BCUT2D eigenvalue weighted by Crippen LogP contribution is -2.11. The van der Waals surface area contributed by atoms with Crippen molar-refractivity contribution in [2.75, 3.05) is 0 Å². The number of rotatable bonds is 3. The van der Waals surface area contributed by atoms with E-state index in [0.29, 0.717) is 17.1 Å². The molecule has 4 nitrogen and oxygen atoms in total. The molecular weight excluding hydrogens is 351 g/mol. The summed E-state index contributed by atoms with van der Waals surface area (Å²) in [7, 11) is 0. The van der Waals surface area contributed by atoms with Gasteiger partial charge in [-0.2, -0.15) is 5.10 Å². The first-order chi connectivity index (χ1) is 8.06. The summed E-state index contributed by atoms with van der Waals surface area (Å²) >= 11 is 8.34. The van der Waals surface area contributed by atoms with Gasteiger partial charge in [-0.05, 0) is 34.2 Å². The maximum Gasteiger partial charge on any atom is 0.122 e. The normalized spacial score (nSPS) is 10.5. The molecule has 0 saturated heterocycles. The molecule has 0 aliphatic carbocycles. The fraction of sp³-hybridized carbons (Fsp3) is 0.0909. The number of halogens is 2. The van der Waals surface area contributed by atoms with Crippen LogP contribution in [0.15, 0.2) is 30.6 Å². The predicted molar refractivity (Wildman–Crippen MR) is 76.5 cm³/mol. The molecule has 0 aliphatic rings. The van der Waals surface area contributed by atoms with E-state index in [9.17, 15) is 0 Å². The summed E-state index contributed by atoms with van der Waals surface area (Å²) in [6.07, 6.45) is 3.73. The van der Waals surface area contributed by atoms with Crippen molar-refractivity contribution in [3.63, 3.8) is 0 Å². The number of hydrogen-bond acceptors (Lipinski definition) is 2. The van der Waals surface area contributed by atoms with Crippen LogP contribution in [-0.2, 0) is 6.54 Å². The van der Waals surface area contributed by atoms with Gasteiger partial charge in [0.05, 0.1) is 16.3 Å². The molecule has 0 spiro atoms. The van der Waals surface area contributed by atoms with Crippen molar-refractivity contribution < 1.29 is 0 Å². The van der Waals surface area contributed by atoms with Crippen LogP contribution in [0.2, 0.25) is 5.02 Å². The van der Waals surface area contributed by atoms with E-state index in [1.807, 2.05) is 16.9 Å². The fourth-order valence-corrected chi connectivity index (χ4v) is 2.13. The molecule has 2 aromatic rings. The topological polar surface area (TPSA) is 67.7 Å². The highest BCUT2D eigenvalue weighted by molar-refractivity contribution is 14.1. The van der Waals surface area contributed by atoms with Crippen LogP contribution in [0.1, 0.15) is 11.1 Å². The van der Waals surface area contributed by atoms with Gasteiger partial charge in [-0.15, -0.1) is 0 Å². The van der Waals surface area contributed by atoms with Crippen molar-refractivity contribution in [2.24, 2.45) is 5.73 Å².